The van der Waals surface area contributed by atoms with E-state index in [4.69, 9.17) is 117 Å². The number of aryl methyl sites for hydroxylation is 5. The molecule has 0 unspecified atom stereocenters. The van der Waals surface area contributed by atoms with E-state index in [0.29, 0.717) is 21.4 Å². The summed E-state index contributed by atoms with van der Waals surface area (Å²) in [4.78, 5) is 108. The molecule has 15 heterocycles. The molecule has 0 aliphatic carbocycles. The summed E-state index contributed by atoms with van der Waals surface area (Å²) in [6.07, 6.45) is -5.83. The Morgan fingerprint density at radius 3 is 0.907 bits per heavy atom. The lowest BCUT2D eigenvalue weighted by Crippen LogP contribution is -2.28. The van der Waals surface area contributed by atoms with Gasteiger partial charge in [-0.05, 0) is 184 Å². The molecule has 45 heteroatoms. The van der Waals surface area contributed by atoms with Gasteiger partial charge in [0.2, 0.25) is 0 Å². The van der Waals surface area contributed by atoms with Crippen molar-refractivity contribution in [1.29, 1.82) is 0 Å². The first-order valence-corrected chi connectivity index (χ1v) is 44.1. The zero-order valence-electron chi connectivity index (χ0n) is 103. The number of halogens is 5. The monoisotopic (exact) mass is 2050 g/mol. The number of ether oxygens (including phenoxy) is 5. The van der Waals surface area contributed by atoms with Crippen LogP contribution in [0, 0.1) is 61.9 Å². The summed E-state index contributed by atoms with van der Waals surface area (Å²) in [5.74, 6) is -10.5. The number of pyridine rings is 5. The third kappa shape index (κ3) is 20.3. The Hall–Kier alpha value is -19.6. The van der Waals surface area contributed by atoms with E-state index in [0.717, 1.165) is 87.3 Å². The highest BCUT2D eigenvalue weighted by Crippen LogP contribution is 2.47. The van der Waals surface area contributed by atoms with E-state index in [1.165, 1.54) is 125 Å². The van der Waals surface area contributed by atoms with E-state index in [9.17, 15) is 45.9 Å². The average Bonchev–Trinajstić information content (AvgIpc) is 1.70. The number of nitrogens with zero attached hydrogens (tertiary/aromatic N) is 25. The van der Waals surface area contributed by atoms with Crippen LogP contribution in [0.25, 0.3) is 79.9 Å². The highest BCUT2D eigenvalue weighted by molar-refractivity contribution is 6.00. The summed E-state index contributed by atoms with van der Waals surface area (Å²) in [6, 6.07) is 17.3. The van der Waals surface area contributed by atoms with E-state index in [1.807, 2.05) is 0 Å². The average molecular weight is 2060 g/mol. The molecule has 760 valence electrons. The van der Waals surface area contributed by atoms with Crippen LogP contribution in [-0.4, -0.2) is 163 Å². The second kappa shape index (κ2) is 42.0. The number of benzene rings is 5. The van der Waals surface area contributed by atoms with Gasteiger partial charge in [-0.2, -0.15) is 0 Å². The largest absolute Gasteiger partial charge is 0.482 e. The highest BCUT2D eigenvalue weighted by Gasteiger charge is 2.37. The number of anilines is 5. The zero-order valence-corrected chi connectivity index (χ0v) is 80.4. The van der Waals surface area contributed by atoms with Gasteiger partial charge in [-0.15, -0.1) is 25.5 Å². The minimum absolute atomic E-state index is 0.0175. The molecule has 0 fully saturated rings. The van der Waals surface area contributed by atoms with Crippen molar-refractivity contribution in [3.8, 4) is 84.4 Å². The van der Waals surface area contributed by atoms with Gasteiger partial charge in [0.15, 0.2) is 57.8 Å². The molecule has 0 saturated heterocycles. The molecule has 0 saturated carbocycles. The van der Waals surface area contributed by atoms with Crippen LogP contribution in [0.2, 0.25) is 0 Å². The number of amides is 5. The van der Waals surface area contributed by atoms with Crippen molar-refractivity contribution < 1.29 is 101 Å². The van der Waals surface area contributed by atoms with Crippen LogP contribution in [0.4, 0.5) is 80.1 Å². The molecule has 5 aliphatic heterocycles. The van der Waals surface area contributed by atoms with Gasteiger partial charge >= 0.3 is 0 Å². The van der Waals surface area contributed by atoms with E-state index in [-0.39, 0.29) is 222 Å². The van der Waals surface area contributed by atoms with Gasteiger partial charge in [-0.25, -0.2) is 70.3 Å². The minimum Gasteiger partial charge on any atom is -0.482 e. The van der Waals surface area contributed by atoms with Crippen LogP contribution in [0.5, 0.6) is 28.7 Å². The summed E-state index contributed by atoms with van der Waals surface area (Å²) >= 11 is 0. The maximum atomic E-state index is 14.3. The number of nitrogen functional groups attached to an aromatic ring is 5. The van der Waals surface area contributed by atoms with Crippen LogP contribution in [0.15, 0.2) is 152 Å². The van der Waals surface area contributed by atoms with E-state index >= 15 is 0 Å². The van der Waals surface area contributed by atoms with Gasteiger partial charge in [0.05, 0.1) is 82.9 Å². The molecule has 5 atom stereocenters. The predicted octanol–water partition coefficient (Wildman–Crippen LogP) is 17.4. The summed E-state index contributed by atoms with van der Waals surface area (Å²) in [7, 11) is 9.91. The molecule has 0 spiro atoms. The van der Waals surface area contributed by atoms with Gasteiger partial charge < -0.3 is 101 Å². The number of aromatic nitrogens is 15. The van der Waals surface area contributed by atoms with Gasteiger partial charge in [0, 0.05) is 166 Å². The van der Waals surface area contributed by atoms with Crippen molar-refractivity contribution in [3.63, 3.8) is 0 Å². The molecule has 5 amide bonds. The molecule has 5 aliphatic rings. The Kier molecular flexibility index (Phi) is 21.5. The van der Waals surface area contributed by atoms with Gasteiger partial charge in [-0.1, -0.05) is 32.9 Å². The van der Waals surface area contributed by atoms with Crippen LogP contribution in [-0.2, 0) is 67.9 Å². The quantitative estimate of drug-likeness (QED) is 0.0695. The number of hydrogen-bond acceptors (Lipinski definition) is 25. The third-order valence-corrected chi connectivity index (χ3v) is 23.6. The molecule has 10 bridgehead atoms. The lowest BCUT2D eigenvalue weighted by Gasteiger charge is -2.23. The summed E-state index contributed by atoms with van der Waals surface area (Å²) < 4.78 is 297. The van der Waals surface area contributed by atoms with E-state index in [1.54, 1.807) is 6.92 Å². The highest BCUT2D eigenvalue weighted by atomic mass is 19.1. The number of fused-ring (bicyclic) bond motifs is 25. The van der Waals surface area contributed by atoms with Crippen molar-refractivity contribution >= 4 is 87.7 Å². The number of carbonyl (C=O) groups is 5. The number of hydrogen-bond donors (Lipinski definition) is 5. The Bertz CT molecular complexity index is 9210. The number of nitrogens with two attached hydrogens (primary N) is 5. The normalized spacial score (nSPS) is 19.6. The number of rotatable bonds is 0. The maximum absolute atomic E-state index is 14.3. The summed E-state index contributed by atoms with van der Waals surface area (Å²) in [5, 5.41) is 21.0. The second-order valence-corrected chi connectivity index (χ2v) is 33.5. The summed E-state index contributed by atoms with van der Waals surface area (Å²) in [6.45, 7) is 24.7. The fraction of sp³-hybridized carbons (Fsp3) is 0.238. The van der Waals surface area contributed by atoms with Crippen molar-refractivity contribution in [2.45, 2.75) is 97.7 Å². The molecule has 15 aromatic rings. The molecule has 10 N–H and O–H groups in total. The Morgan fingerprint density at radius 2 is 0.593 bits per heavy atom. The van der Waals surface area contributed by atoms with Crippen LogP contribution in [0.3, 0.4) is 0 Å². The Morgan fingerprint density at radius 1 is 0.340 bits per heavy atom. The fourth-order valence-electron chi connectivity index (χ4n) is 16.5. The molecular weight excluding hydrogens is 1940 g/mol. The molecule has 150 heavy (non-hydrogen) atoms. The lowest BCUT2D eigenvalue weighted by molar-refractivity contribution is 0.0771. The van der Waals surface area contributed by atoms with Gasteiger partial charge in [-0.3, -0.25) is 24.0 Å². The standard InChI is InChI=1S/5C21H19FN6O2/c5*1-11-15-8-13(22)5-6-14(15)21(29)27(3)10-16-18(20(24-2)28(4)26-16)12-7-17(30-11)19(23)25-9-12/h5*5-9,11H,10H2,1,3-4H3,(H2,23,25)/t5*11-/m11110/s1/i2*3D3,7D,9D;3D3,10D2;10D2;1D3,7D,9D,11D. The van der Waals surface area contributed by atoms with Crippen LogP contribution >= 0.6 is 0 Å². The van der Waals surface area contributed by atoms with Crippen molar-refractivity contribution in [1.82, 2.24) is 98.3 Å². The molecule has 5 aromatic carbocycles. The molecule has 0 radical (unpaired) electrons. The minimum atomic E-state index is -3.31. The molecule has 20 rings (SSSR count). The van der Waals surface area contributed by atoms with E-state index < -0.39 is 190 Å². The number of carbonyl (C=O) groups excluding carboxylic acids is 5. The lowest BCUT2D eigenvalue weighted by atomic mass is 10.0. The Labute approximate surface area is 887 Å². The molecule has 40 nitrogen and oxygen atoms in total. The first-order chi connectivity index (χ1) is 80.7. The first kappa shape index (κ1) is 77.0. The Balaban J connectivity index is 0.000000150. The summed E-state index contributed by atoms with van der Waals surface area (Å²) in [5.41, 5.74) is 28.0. The van der Waals surface area contributed by atoms with Crippen molar-refractivity contribution in [2.75, 3.05) is 63.7 Å². The second-order valence-electron chi connectivity index (χ2n) is 33.5. The third-order valence-electron chi connectivity index (χ3n) is 23.6. The van der Waals surface area contributed by atoms with Crippen LogP contribution < -0.4 is 52.4 Å². The zero-order chi connectivity index (χ0) is 128. The van der Waals surface area contributed by atoms with Gasteiger partial charge in [0.1, 0.15) is 88.1 Å². The first-order valence-electron chi connectivity index (χ1n) is 55.6. The predicted molar refractivity (Wildman–Crippen MR) is 542 cm³/mol. The van der Waals surface area contributed by atoms with E-state index in [2.05, 4.69) is 74.6 Å². The van der Waals surface area contributed by atoms with Crippen LogP contribution in [0.1, 0.15) is 205 Å². The smallest absolute Gasteiger partial charge is 0.260 e. The molecular formula is C105H95F5N30O10. The van der Waals surface area contributed by atoms with Crippen molar-refractivity contribution in [2.24, 2.45) is 35.2 Å². The SMILES string of the molecule is [2H]C([2H])([2H])N1C(=O)c2ccc(F)cc2[C@@H](C)Oc2cc(cnc2N)-c2c(nn(C)c2[N+]#[C-])C1([2H])[2H].[2H]C1([2H])c2nn(C)c([N+]#[C-])c2-c2cnc(N)c(c2)O[C@H](C)c2cc(F)ccc2C(=O)N1C.[2H]c1nc(N)c2c([2H])c1-c1c(nn(C)c1[N+]#[C-])CN(C([2H])([2H])[2H])C(=O)c1ccc(F)cc1[C@@H](C)O2.[2H]c1nc(N)c2c([2H])c1-c1c(nn(C)c1[N+]#[C-])CN(C([2H])([2H])[2H])C(=O)c1ccc(F)cc1[C@@H](C)O2.[2H]c1nc(N)c2c([2H])c1-c1c(nn(C)c1[N+]#[C-])CN(C)C(=O)c1ccc(F)cc1[C@]([2H])(C([2H])([2H])[2H])O2. The van der Waals surface area contributed by atoms with Crippen molar-refractivity contribution in [3.05, 3.63) is 322 Å². The molecule has 10 aromatic heterocycles. The maximum Gasteiger partial charge on any atom is 0.260 e. The van der Waals surface area contributed by atoms with Gasteiger partial charge in [0.25, 0.3) is 58.6 Å². The fourth-order valence-corrected chi connectivity index (χ4v) is 16.5. The topological polar surface area (TPSA) is 453 Å².